The lowest BCUT2D eigenvalue weighted by Crippen LogP contribution is -2.50. The highest BCUT2D eigenvalue weighted by atomic mass is 32.2. The third-order valence-electron chi connectivity index (χ3n) is 5.37. The van der Waals surface area contributed by atoms with Crippen LogP contribution < -0.4 is 0 Å². The minimum absolute atomic E-state index is 0.0853. The molecule has 25 heavy (non-hydrogen) atoms. The fraction of sp³-hybridized carbons (Fsp3) is 0.579. The van der Waals surface area contributed by atoms with E-state index in [1.54, 1.807) is 34.9 Å². The summed E-state index contributed by atoms with van der Waals surface area (Å²) < 4.78 is 13.9. The summed E-state index contributed by atoms with van der Waals surface area (Å²) in [5, 5.41) is 0. The molecule has 1 atom stereocenters. The second-order valence-electron chi connectivity index (χ2n) is 7.01. The Bertz CT molecular complexity index is 654. The Kier molecular flexibility index (Phi) is 5.67. The molecule has 0 aliphatic carbocycles. The summed E-state index contributed by atoms with van der Waals surface area (Å²) in [5.74, 6) is 0.776. The molecule has 2 saturated heterocycles. The zero-order valence-corrected chi connectivity index (χ0v) is 15.5. The molecule has 136 valence electrons. The number of carbonyl (C=O) groups excluding carboxylic acids is 2. The molecule has 2 heterocycles. The van der Waals surface area contributed by atoms with Crippen molar-refractivity contribution in [2.45, 2.75) is 32.2 Å². The molecule has 0 saturated carbocycles. The summed E-state index contributed by atoms with van der Waals surface area (Å²) in [4.78, 5) is 29.0. The fourth-order valence-electron chi connectivity index (χ4n) is 3.95. The molecule has 2 aliphatic heterocycles. The lowest BCUT2D eigenvalue weighted by molar-refractivity contribution is -0.146. The highest BCUT2D eigenvalue weighted by Gasteiger charge is 2.49. The van der Waals surface area contributed by atoms with Crippen LogP contribution in [0.4, 0.5) is 4.39 Å². The molecule has 0 N–H and O–H groups in total. The fourth-order valence-corrected chi connectivity index (χ4v) is 4.33. The van der Waals surface area contributed by atoms with Crippen molar-refractivity contribution in [2.75, 3.05) is 31.6 Å². The number of nitrogens with zero attached hydrogens (tertiary/aromatic N) is 2. The van der Waals surface area contributed by atoms with E-state index in [0.29, 0.717) is 38.2 Å². The first kappa shape index (κ1) is 18.2. The first-order valence-electron chi connectivity index (χ1n) is 8.85. The van der Waals surface area contributed by atoms with Crippen molar-refractivity contribution in [3.8, 4) is 0 Å². The van der Waals surface area contributed by atoms with Crippen molar-refractivity contribution in [3.05, 3.63) is 35.6 Å². The van der Waals surface area contributed by atoms with E-state index < -0.39 is 5.41 Å². The Hall–Kier alpha value is -1.56. The van der Waals surface area contributed by atoms with Gasteiger partial charge in [0, 0.05) is 43.9 Å². The van der Waals surface area contributed by atoms with E-state index in [2.05, 4.69) is 0 Å². The molecule has 1 spiro atoms. The topological polar surface area (TPSA) is 40.6 Å². The smallest absolute Gasteiger partial charge is 0.230 e. The summed E-state index contributed by atoms with van der Waals surface area (Å²) in [5.41, 5.74) is 0.0946. The third-order valence-corrected chi connectivity index (χ3v) is 5.98. The van der Waals surface area contributed by atoms with Crippen molar-refractivity contribution in [2.24, 2.45) is 5.41 Å². The number of hydrogen-bond acceptors (Lipinski definition) is 3. The van der Waals surface area contributed by atoms with E-state index >= 15 is 0 Å². The molecule has 2 aliphatic rings. The lowest BCUT2D eigenvalue weighted by atomic mass is 9.78. The second kappa shape index (κ2) is 7.77. The zero-order valence-electron chi connectivity index (χ0n) is 14.7. The number of halogens is 1. The van der Waals surface area contributed by atoms with Gasteiger partial charge in [0.1, 0.15) is 5.82 Å². The van der Waals surface area contributed by atoms with Crippen LogP contribution in [0, 0.1) is 11.2 Å². The maximum absolute atomic E-state index is 13.9. The summed E-state index contributed by atoms with van der Waals surface area (Å²) in [6.45, 7) is 2.16. The number of benzene rings is 1. The molecule has 1 aromatic rings. The van der Waals surface area contributed by atoms with Crippen LogP contribution in [0.2, 0.25) is 0 Å². The highest BCUT2D eigenvalue weighted by Crippen LogP contribution is 2.40. The van der Waals surface area contributed by atoms with Gasteiger partial charge in [-0.3, -0.25) is 9.59 Å². The maximum atomic E-state index is 13.9. The molecule has 1 aromatic carbocycles. The van der Waals surface area contributed by atoms with Gasteiger partial charge in [-0.1, -0.05) is 18.2 Å². The van der Waals surface area contributed by atoms with Crippen LogP contribution >= 0.6 is 11.8 Å². The monoisotopic (exact) mass is 364 g/mol. The van der Waals surface area contributed by atoms with Gasteiger partial charge >= 0.3 is 0 Å². The Morgan fingerprint density at radius 1 is 1.28 bits per heavy atom. The van der Waals surface area contributed by atoms with Crippen LogP contribution in [0.3, 0.4) is 0 Å². The normalized spacial score (nSPS) is 23.5. The predicted octanol–water partition coefficient (Wildman–Crippen LogP) is 2.92. The minimum atomic E-state index is -0.460. The Labute approximate surface area is 152 Å². The van der Waals surface area contributed by atoms with Crippen LogP contribution in [-0.4, -0.2) is 53.3 Å². The average molecular weight is 364 g/mol. The van der Waals surface area contributed by atoms with E-state index in [1.807, 2.05) is 11.2 Å². The van der Waals surface area contributed by atoms with Crippen molar-refractivity contribution in [3.63, 3.8) is 0 Å². The molecule has 0 radical (unpaired) electrons. The summed E-state index contributed by atoms with van der Waals surface area (Å²) in [7, 11) is 0. The number of hydrogen-bond donors (Lipinski definition) is 0. The number of thioether (sulfide) groups is 1. The molecular weight excluding hydrogens is 339 g/mol. The van der Waals surface area contributed by atoms with E-state index in [1.165, 1.54) is 6.07 Å². The van der Waals surface area contributed by atoms with E-state index in [4.69, 9.17) is 0 Å². The van der Waals surface area contributed by atoms with Gasteiger partial charge < -0.3 is 9.80 Å². The van der Waals surface area contributed by atoms with Crippen molar-refractivity contribution < 1.29 is 14.0 Å². The molecule has 3 rings (SSSR count). The van der Waals surface area contributed by atoms with Crippen LogP contribution in [0.25, 0.3) is 0 Å². The first-order chi connectivity index (χ1) is 12.1. The van der Waals surface area contributed by atoms with Gasteiger partial charge in [-0.05, 0) is 31.6 Å². The molecular formula is C19H25FN2O2S. The molecule has 6 heteroatoms. The van der Waals surface area contributed by atoms with Crippen LogP contribution in [-0.2, 0) is 16.1 Å². The minimum Gasteiger partial charge on any atom is -0.342 e. The van der Waals surface area contributed by atoms with Gasteiger partial charge in [0.05, 0.1) is 5.41 Å². The summed E-state index contributed by atoms with van der Waals surface area (Å²) in [6.07, 6.45) is 4.98. The van der Waals surface area contributed by atoms with E-state index in [9.17, 15) is 14.0 Å². The summed E-state index contributed by atoms with van der Waals surface area (Å²) in [6, 6.07) is 6.62. The van der Waals surface area contributed by atoms with Crippen LogP contribution in [0.5, 0.6) is 0 Å². The van der Waals surface area contributed by atoms with Crippen molar-refractivity contribution >= 4 is 23.6 Å². The van der Waals surface area contributed by atoms with Crippen LogP contribution in [0.15, 0.2) is 24.3 Å². The Morgan fingerprint density at radius 2 is 2.08 bits per heavy atom. The van der Waals surface area contributed by atoms with Crippen LogP contribution in [0.1, 0.15) is 31.2 Å². The second-order valence-corrected chi connectivity index (χ2v) is 8.00. The van der Waals surface area contributed by atoms with Gasteiger partial charge in [0.25, 0.3) is 0 Å². The number of piperidine rings is 1. The molecule has 0 unspecified atom stereocenters. The van der Waals surface area contributed by atoms with Gasteiger partial charge in [0.2, 0.25) is 11.8 Å². The summed E-state index contributed by atoms with van der Waals surface area (Å²) >= 11 is 1.66. The standard InChI is InChI=1S/C19H25FN2O2S/c1-25-12-7-17(23)22-11-9-19(14-22)8-4-10-21(18(19)24)13-15-5-2-3-6-16(15)20/h2-3,5-6H,4,7-14H2,1H3/t19-/m1/s1. The zero-order chi connectivity index (χ0) is 17.9. The average Bonchev–Trinajstić information content (AvgIpc) is 3.04. The van der Waals surface area contributed by atoms with E-state index in [-0.39, 0.29) is 17.6 Å². The molecule has 2 fully saturated rings. The lowest BCUT2D eigenvalue weighted by Gasteiger charge is -2.39. The van der Waals surface area contributed by atoms with Crippen molar-refractivity contribution in [1.82, 2.24) is 9.80 Å². The first-order valence-corrected chi connectivity index (χ1v) is 10.2. The number of likely N-dealkylation sites (tertiary alicyclic amines) is 2. The Morgan fingerprint density at radius 3 is 2.84 bits per heavy atom. The van der Waals surface area contributed by atoms with Crippen molar-refractivity contribution in [1.29, 1.82) is 0 Å². The van der Waals surface area contributed by atoms with Gasteiger partial charge in [0.15, 0.2) is 0 Å². The van der Waals surface area contributed by atoms with Gasteiger partial charge in [-0.15, -0.1) is 0 Å². The maximum Gasteiger partial charge on any atom is 0.230 e. The molecule has 0 bridgehead atoms. The highest BCUT2D eigenvalue weighted by molar-refractivity contribution is 7.98. The quantitative estimate of drug-likeness (QED) is 0.807. The number of carbonyl (C=O) groups is 2. The predicted molar refractivity (Wildman–Crippen MR) is 97.7 cm³/mol. The number of amides is 2. The molecule has 4 nitrogen and oxygen atoms in total. The largest absolute Gasteiger partial charge is 0.342 e. The van der Waals surface area contributed by atoms with E-state index in [0.717, 1.165) is 25.0 Å². The van der Waals surface area contributed by atoms with Gasteiger partial charge in [-0.25, -0.2) is 4.39 Å². The Balaban J connectivity index is 1.68. The van der Waals surface area contributed by atoms with Gasteiger partial charge in [-0.2, -0.15) is 11.8 Å². The third kappa shape index (κ3) is 3.84. The molecule has 0 aromatic heterocycles. The number of rotatable bonds is 5. The SMILES string of the molecule is CSCCC(=O)N1CC[C@]2(CCCN(Cc3ccccc3F)C2=O)C1. The molecule has 2 amide bonds.